The summed E-state index contributed by atoms with van der Waals surface area (Å²) in [6, 6.07) is 7.40. The molecule has 0 aliphatic carbocycles. The molecule has 1 aromatic heterocycles. The molecule has 0 saturated heterocycles. The average molecular weight is 289 g/mol. The molecule has 4 nitrogen and oxygen atoms in total. The van der Waals surface area contributed by atoms with Crippen molar-refractivity contribution < 1.29 is 13.5 Å². The average Bonchev–Trinajstić information content (AvgIpc) is 2.79. The topological polar surface area (TPSA) is 53.1 Å². The predicted octanol–water partition coefficient (Wildman–Crippen LogP) is 3.11. The standard InChI is InChI=1S/C15H13F2N3O/c1-20-14-4-3-8(21-2)5-13(14)19-15(20)9-6-12(18)11(17)7-10(9)16/h3-7H,18H2,1-2H3. The third-order valence-electron chi connectivity index (χ3n) is 3.42. The van der Waals surface area contributed by atoms with Crippen LogP contribution in [0.1, 0.15) is 0 Å². The van der Waals surface area contributed by atoms with Crippen LogP contribution in [0.5, 0.6) is 5.75 Å². The Bertz CT molecular complexity index is 843. The Labute approximate surface area is 119 Å². The maximum absolute atomic E-state index is 14.0. The largest absolute Gasteiger partial charge is 0.497 e. The summed E-state index contributed by atoms with van der Waals surface area (Å²) in [5.41, 5.74) is 7.04. The van der Waals surface area contributed by atoms with E-state index in [0.29, 0.717) is 17.1 Å². The van der Waals surface area contributed by atoms with E-state index in [1.165, 1.54) is 6.07 Å². The first-order chi connectivity index (χ1) is 10.0. The van der Waals surface area contributed by atoms with Gasteiger partial charge < -0.3 is 15.0 Å². The molecular weight excluding hydrogens is 276 g/mol. The number of halogens is 2. The Morgan fingerprint density at radius 3 is 2.62 bits per heavy atom. The molecule has 108 valence electrons. The van der Waals surface area contributed by atoms with Gasteiger partial charge in [0.05, 0.1) is 29.4 Å². The van der Waals surface area contributed by atoms with Crippen LogP contribution in [0.15, 0.2) is 30.3 Å². The summed E-state index contributed by atoms with van der Waals surface area (Å²) < 4.78 is 34.1. The number of nitrogens with zero attached hydrogens (tertiary/aromatic N) is 2. The maximum Gasteiger partial charge on any atom is 0.149 e. The van der Waals surface area contributed by atoms with Crippen LogP contribution in [-0.2, 0) is 7.05 Å². The fourth-order valence-corrected chi connectivity index (χ4v) is 2.28. The predicted molar refractivity (Wildman–Crippen MR) is 77.0 cm³/mol. The highest BCUT2D eigenvalue weighted by molar-refractivity contribution is 5.82. The highest BCUT2D eigenvalue weighted by atomic mass is 19.1. The van der Waals surface area contributed by atoms with Gasteiger partial charge in [0.25, 0.3) is 0 Å². The van der Waals surface area contributed by atoms with E-state index >= 15 is 0 Å². The van der Waals surface area contributed by atoms with Crippen LogP contribution >= 0.6 is 0 Å². The van der Waals surface area contributed by atoms with Crippen LogP contribution < -0.4 is 10.5 Å². The molecule has 0 amide bonds. The molecule has 2 N–H and O–H groups in total. The van der Waals surface area contributed by atoms with Crippen molar-refractivity contribution in [3.63, 3.8) is 0 Å². The van der Waals surface area contributed by atoms with Crippen molar-refractivity contribution in [3.05, 3.63) is 42.0 Å². The number of nitrogen functional groups attached to an aromatic ring is 1. The zero-order chi connectivity index (χ0) is 15.1. The number of ether oxygens (including phenoxy) is 1. The number of methoxy groups -OCH3 is 1. The number of hydrogen-bond acceptors (Lipinski definition) is 3. The van der Waals surface area contributed by atoms with Crippen LogP contribution in [0.2, 0.25) is 0 Å². The minimum absolute atomic E-state index is 0.115. The fraction of sp³-hybridized carbons (Fsp3) is 0.133. The second kappa shape index (κ2) is 4.73. The third-order valence-corrected chi connectivity index (χ3v) is 3.42. The van der Waals surface area contributed by atoms with E-state index in [2.05, 4.69) is 4.98 Å². The lowest BCUT2D eigenvalue weighted by atomic mass is 10.1. The molecule has 0 spiro atoms. The molecule has 0 bridgehead atoms. The van der Waals surface area contributed by atoms with Crippen LogP contribution in [0.4, 0.5) is 14.5 Å². The number of anilines is 1. The number of nitrogens with two attached hydrogens (primary N) is 1. The van der Waals surface area contributed by atoms with Gasteiger partial charge in [-0.05, 0) is 18.2 Å². The first-order valence-corrected chi connectivity index (χ1v) is 6.26. The van der Waals surface area contributed by atoms with Crippen molar-refractivity contribution in [2.45, 2.75) is 0 Å². The van der Waals surface area contributed by atoms with Gasteiger partial charge in [-0.25, -0.2) is 13.8 Å². The molecule has 21 heavy (non-hydrogen) atoms. The molecule has 0 saturated carbocycles. The van der Waals surface area contributed by atoms with Gasteiger partial charge in [-0.15, -0.1) is 0 Å². The number of rotatable bonds is 2. The summed E-state index contributed by atoms with van der Waals surface area (Å²) in [5.74, 6) is -0.447. The quantitative estimate of drug-likeness (QED) is 0.737. The summed E-state index contributed by atoms with van der Waals surface area (Å²) >= 11 is 0. The number of imidazole rings is 1. The Balaban J connectivity index is 2.25. The van der Waals surface area contributed by atoms with Gasteiger partial charge in [-0.3, -0.25) is 0 Å². The van der Waals surface area contributed by atoms with Gasteiger partial charge >= 0.3 is 0 Å². The Hall–Kier alpha value is -2.63. The number of aromatic nitrogens is 2. The molecule has 0 atom stereocenters. The van der Waals surface area contributed by atoms with E-state index < -0.39 is 11.6 Å². The van der Waals surface area contributed by atoms with Gasteiger partial charge in [0.15, 0.2) is 0 Å². The van der Waals surface area contributed by atoms with Gasteiger partial charge in [-0.2, -0.15) is 0 Å². The number of aryl methyl sites for hydroxylation is 1. The first kappa shape index (κ1) is 13.4. The van der Waals surface area contributed by atoms with Crippen molar-refractivity contribution >= 4 is 16.7 Å². The second-order valence-corrected chi connectivity index (χ2v) is 4.70. The molecule has 3 rings (SSSR count). The minimum atomic E-state index is -0.781. The molecule has 0 aliphatic rings. The lowest BCUT2D eigenvalue weighted by Crippen LogP contribution is -1.99. The van der Waals surface area contributed by atoms with Crippen LogP contribution in [-0.4, -0.2) is 16.7 Å². The Kier molecular flexibility index (Phi) is 3.01. The highest BCUT2D eigenvalue weighted by Crippen LogP contribution is 2.30. The Morgan fingerprint density at radius 1 is 1.14 bits per heavy atom. The van der Waals surface area contributed by atoms with Crippen molar-refractivity contribution in [1.82, 2.24) is 9.55 Å². The monoisotopic (exact) mass is 289 g/mol. The van der Waals surface area contributed by atoms with Crippen molar-refractivity contribution in [3.8, 4) is 17.1 Å². The van der Waals surface area contributed by atoms with Gasteiger partial charge in [0.2, 0.25) is 0 Å². The van der Waals surface area contributed by atoms with Crippen molar-refractivity contribution in [1.29, 1.82) is 0 Å². The summed E-state index contributed by atoms with van der Waals surface area (Å²) in [6.07, 6.45) is 0. The number of fused-ring (bicyclic) bond motifs is 1. The number of hydrogen-bond donors (Lipinski definition) is 1. The third kappa shape index (κ3) is 2.08. The van der Waals surface area contributed by atoms with E-state index in [1.807, 2.05) is 6.07 Å². The maximum atomic E-state index is 14.0. The normalized spacial score (nSPS) is 11.0. The molecule has 1 heterocycles. The lowest BCUT2D eigenvalue weighted by Gasteiger charge is -2.06. The summed E-state index contributed by atoms with van der Waals surface area (Å²) in [4.78, 5) is 4.39. The van der Waals surface area contributed by atoms with Crippen molar-refractivity contribution in [2.75, 3.05) is 12.8 Å². The molecule has 0 unspecified atom stereocenters. The van der Waals surface area contributed by atoms with Crippen LogP contribution in [0, 0.1) is 11.6 Å². The smallest absolute Gasteiger partial charge is 0.149 e. The molecule has 6 heteroatoms. The summed E-state index contributed by atoms with van der Waals surface area (Å²) in [6.45, 7) is 0. The van der Waals surface area contributed by atoms with Crippen LogP contribution in [0.25, 0.3) is 22.4 Å². The van der Waals surface area contributed by atoms with E-state index in [-0.39, 0.29) is 11.3 Å². The molecule has 0 aliphatic heterocycles. The van der Waals surface area contributed by atoms with Gasteiger partial charge in [0, 0.05) is 19.2 Å². The molecule has 2 aromatic carbocycles. The first-order valence-electron chi connectivity index (χ1n) is 6.26. The van der Waals surface area contributed by atoms with E-state index in [0.717, 1.165) is 11.6 Å². The SMILES string of the molecule is COc1ccc2c(c1)nc(-c1cc(N)c(F)cc1F)n2C. The molecule has 0 fully saturated rings. The van der Waals surface area contributed by atoms with E-state index in [9.17, 15) is 8.78 Å². The number of benzene rings is 2. The highest BCUT2D eigenvalue weighted by Gasteiger charge is 2.16. The Morgan fingerprint density at radius 2 is 1.90 bits per heavy atom. The second-order valence-electron chi connectivity index (χ2n) is 4.70. The van der Waals surface area contributed by atoms with E-state index in [4.69, 9.17) is 10.5 Å². The zero-order valence-corrected chi connectivity index (χ0v) is 11.5. The fourth-order valence-electron chi connectivity index (χ4n) is 2.28. The summed E-state index contributed by atoms with van der Waals surface area (Å²) in [7, 11) is 3.32. The summed E-state index contributed by atoms with van der Waals surface area (Å²) in [5, 5.41) is 0. The van der Waals surface area contributed by atoms with Crippen molar-refractivity contribution in [2.24, 2.45) is 7.05 Å². The molecule has 3 aromatic rings. The minimum Gasteiger partial charge on any atom is -0.497 e. The van der Waals surface area contributed by atoms with Gasteiger partial charge in [-0.1, -0.05) is 0 Å². The van der Waals surface area contributed by atoms with Gasteiger partial charge in [0.1, 0.15) is 23.2 Å². The van der Waals surface area contributed by atoms with Crippen LogP contribution in [0.3, 0.4) is 0 Å². The zero-order valence-electron chi connectivity index (χ0n) is 11.5. The molecule has 0 radical (unpaired) electrons. The van der Waals surface area contributed by atoms with E-state index in [1.54, 1.807) is 30.9 Å². The lowest BCUT2D eigenvalue weighted by molar-refractivity contribution is 0.415. The molecular formula is C15H13F2N3O.